The first-order valence-corrected chi connectivity index (χ1v) is 9.26. The van der Waals surface area contributed by atoms with Crippen molar-refractivity contribution in [3.63, 3.8) is 0 Å². The van der Waals surface area contributed by atoms with Gasteiger partial charge in [0, 0.05) is 24.1 Å². The first-order valence-electron chi connectivity index (χ1n) is 7.72. The maximum atomic E-state index is 11.9. The Kier molecular flexibility index (Phi) is 3.85. The van der Waals surface area contributed by atoms with Crippen LogP contribution in [0.25, 0.3) is 5.82 Å². The summed E-state index contributed by atoms with van der Waals surface area (Å²) < 4.78 is 33.7. The van der Waals surface area contributed by atoms with Gasteiger partial charge >= 0.3 is 0 Å². The van der Waals surface area contributed by atoms with Crippen LogP contribution < -0.4 is 9.46 Å². The highest BCUT2D eigenvalue weighted by Crippen LogP contribution is 2.30. The van der Waals surface area contributed by atoms with Crippen molar-refractivity contribution in [2.24, 2.45) is 0 Å². The van der Waals surface area contributed by atoms with Crippen LogP contribution in [0.15, 0.2) is 55.1 Å². The van der Waals surface area contributed by atoms with Crippen LogP contribution in [0.4, 0.5) is 5.69 Å². The number of rotatable bonds is 6. The van der Waals surface area contributed by atoms with E-state index in [4.69, 9.17) is 4.74 Å². The van der Waals surface area contributed by atoms with Gasteiger partial charge < -0.3 is 4.74 Å². The molecule has 0 amide bonds. The SMILES string of the molecule is O=S(=O)(Nc1ccc(Oc2ccc(-n3ccnc3)nn2)cc1)C1CC1. The van der Waals surface area contributed by atoms with Gasteiger partial charge in [-0.05, 0) is 43.2 Å². The molecule has 0 spiro atoms. The fourth-order valence-corrected chi connectivity index (χ4v) is 3.63. The van der Waals surface area contributed by atoms with Gasteiger partial charge in [-0.2, -0.15) is 0 Å². The monoisotopic (exact) mass is 357 g/mol. The van der Waals surface area contributed by atoms with Crippen LogP contribution in [-0.4, -0.2) is 33.4 Å². The molecule has 3 aromatic rings. The Balaban J connectivity index is 1.42. The first-order chi connectivity index (χ1) is 12.1. The van der Waals surface area contributed by atoms with Gasteiger partial charge in [-0.25, -0.2) is 13.4 Å². The van der Waals surface area contributed by atoms with Crippen molar-refractivity contribution in [2.45, 2.75) is 18.1 Å². The minimum absolute atomic E-state index is 0.257. The Labute approximate surface area is 144 Å². The summed E-state index contributed by atoms with van der Waals surface area (Å²) in [4.78, 5) is 3.95. The Morgan fingerprint density at radius 3 is 2.48 bits per heavy atom. The molecule has 0 radical (unpaired) electrons. The van der Waals surface area contributed by atoms with Gasteiger partial charge in [0.2, 0.25) is 15.9 Å². The van der Waals surface area contributed by atoms with Crippen LogP contribution >= 0.6 is 0 Å². The molecule has 0 bridgehead atoms. The van der Waals surface area contributed by atoms with Crippen LogP contribution in [0, 0.1) is 0 Å². The van der Waals surface area contributed by atoms with Gasteiger partial charge in [0.05, 0.1) is 5.25 Å². The van der Waals surface area contributed by atoms with E-state index in [0.29, 0.717) is 23.1 Å². The van der Waals surface area contributed by atoms with E-state index in [1.807, 2.05) is 0 Å². The number of nitrogens with zero attached hydrogens (tertiary/aromatic N) is 4. The van der Waals surface area contributed by atoms with E-state index in [2.05, 4.69) is 19.9 Å². The van der Waals surface area contributed by atoms with Crippen LogP contribution in [0.2, 0.25) is 0 Å². The van der Waals surface area contributed by atoms with E-state index >= 15 is 0 Å². The molecule has 0 saturated heterocycles. The summed E-state index contributed by atoms with van der Waals surface area (Å²) in [6, 6.07) is 10.1. The molecule has 1 fully saturated rings. The smallest absolute Gasteiger partial charge is 0.238 e. The van der Waals surface area contributed by atoms with Crippen molar-refractivity contribution >= 4 is 15.7 Å². The van der Waals surface area contributed by atoms with Gasteiger partial charge in [-0.3, -0.25) is 9.29 Å². The summed E-state index contributed by atoms with van der Waals surface area (Å²) in [6.45, 7) is 0. The van der Waals surface area contributed by atoms with Crippen molar-refractivity contribution in [1.82, 2.24) is 19.7 Å². The second-order valence-corrected chi connectivity index (χ2v) is 7.63. The summed E-state index contributed by atoms with van der Waals surface area (Å²) in [5, 5.41) is 7.82. The molecule has 8 nitrogen and oxygen atoms in total. The van der Waals surface area contributed by atoms with Crippen LogP contribution in [0.5, 0.6) is 11.6 Å². The lowest BCUT2D eigenvalue weighted by molar-refractivity contribution is 0.454. The zero-order chi connectivity index (χ0) is 17.3. The molecule has 128 valence electrons. The average molecular weight is 357 g/mol. The van der Waals surface area contributed by atoms with E-state index < -0.39 is 10.0 Å². The van der Waals surface area contributed by atoms with Crippen LogP contribution in [0.1, 0.15) is 12.8 Å². The van der Waals surface area contributed by atoms with Gasteiger partial charge in [0.25, 0.3) is 0 Å². The van der Waals surface area contributed by atoms with Gasteiger partial charge in [-0.1, -0.05) is 0 Å². The maximum Gasteiger partial charge on any atom is 0.238 e. The van der Waals surface area contributed by atoms with Crippen molar-refractivity contribution in [1.29, 1.82) is 0 Å². The molecule has 0 atom stereocenters. The lowest BCUT2D eigenvalue weighted by Gasteiger charge is -2.08. The molecule has 1 aliphatic rings. The van der Waals surface area contributed by atoms with Crippen molar-refractivity contribution < 1.29 is 13.2 Å². The molecular formula is C16H15N5O3S. The van der Waals surface area contributed by atoms with E-state index in [1.165, 1.54) is 0 Å². The molecule has 0 unspecified atom stereocenters. The minimum Gasteiger partial charge on any atom is -0.438 e. The molecule has 0 aliphatic heterocycles. The first kappa shape index (κ1) is 15.6. The summed E-state index contributed by atoms with van der Waals surface area (Å²) >= 11 is 0. The predicted molar refractivity (Wildman–Crippen MR) is 91.2 cm³/mol. The average Bonchev–Trinajstić information content (AvgIpc) is 3.34. The topological polar surface area (TPSA) is 99.0 Å². The molecule has 9 heteroatoms. The van der Waals surface area contributed by atoms with Crippen molar-refractivity contribution in [2.75, 3.05) is 4.72 Å². The van der Waals surface area contributed by atoms with E-state index in [1.54, 1.807) is 59.7 Å². The molecule has 1 saturated carbocycles. The minimum atomic E-state index is -3.26. The lowest BCUT2D eigenvalue weighted by atomic mass is 10.3. The molecule has 1 aromatic carbocycles. The fourth-order valence-electron chi connectivity index (χ4n) is 2.24. The van der Waals surface area contributed by atoms with E-state index in [9.17, 15) is 8.42 Å². The van der Waals surface area contributed by atoms with Crippen molar-refractivity contribution in [3.8, 4) is 17.4 Å². The third kappa shape index (κ3) is 3.61. The van der Waals surface area contributed by atoms with Crippen LogP contribution in [0.3, 0.4) is 0 Å². The summed E-state index contributed by atoms with van der Waals surface area (Å²) in [7, 11) is -3.26. The number of hydrogen-bond donors (Lipinski definition) is 1. The quantitative estimate of drug-likeness (QED) is 0.727. The molecular weight excluding hydrogens is 342 g/mol. The second kappa shape index (κ2) is 6.17. The van der Waals surface area contributed by atoms with Gasteiger partial charge in [0.1, 0.15) is 12.1 Å². The number of imidazole rings is 1. The highest BCUT2D eigenvalue weighted by molar-refractivity contribution is 7.93. The molecule has 4 rings (SSSR count). The Bertz CT molecular complexity index is 950. The number of ether oxygens (including phenoxy) is 1. The Hall–Kier alpha value is -2.94. The number of benzene rings is 1. The maximum absolute atomic E-state index is 11.9. The number of anilines is 1. The number of hydrogen-bond acceptors (Lipinski definition) is 6. The van der Waals surface area contributed by atoms with E-state index in [0.717, 1.165) is 12.8 Å². The fraction of sp³-hybridized carbons (Fsp3) is 0.188. The predicted octanol–water partition coefficient (Wildman–Crippen LogP) is 2.36. The van der Waals surface area contributed by atoms with Crippen molar-refractivity contribution in [3.05, 3.63) is 55.1 Å². The van der Waals surface area contributed by atoms with E-state index in [-0.39, 0.29) is 5.25 Å². The zero-order valence-corrected chi connectivity index (χ0v) is 13.9. The normalized spacial score (nSPS) is 14.2. The van der Waals surface area contributed by atoms with Crippen LogP contribution in [-0.2, 0) is 10.0 Å². The Morgan fingerprint density at radius 1 is 1.08 bits per heavy atom. The number of sulfonamides is 1. The Morgan fingerprint density at radius 2 is 1.88 bits per heavy atom. The highest BCUT2D eigenvalue weighted by atomic mass is 32.2. The lowest BCUT2D eigenvalue weighted by Crippen LogP contribution is -2.17. The number of nitrogens with one attached hydrogen (secondary N) is 1. The second-order valence-electron chi connectivity index (χ2n) is 5.67. The standard InChI is InChI=1S/C16H15N5O3S/c22-25(23,14-5-6-14)20-12-1-3-13(4-2-12)24-16-8-7-15(18-19-16)21-10-9-17-11-21/h1-4,7-11,14,20H,5-6H2. The van der Waals surface area contributed by atoms with Gasteiger partial charge in [0.15, 0.2) is 5.82 Å². The largest absolute Gasteiger partial charge is 0.438 e. The zero-order valence-electron chi connectivity index (χ0n) is 13.1. The third-order valence-electron chi connectivity index (χ3n) is 3.69. The summed E-state index contributed by atoms with van der Waals surface area (Å²) in [6.07, 6.45) is 6.51. The highest BCUT2D eigenvalue weighted by Gasteiger charge is 2.35. The third-order valence-corrected chi connectivity index (χ3v) is 5.56. The molecule has 1 aliphatic carbocycles. The summed E-state index contributed by atoms with van der Waals surface area (Å²) in [5.41, 5.74) is 0.515. The molecule has 2 heterocycles. The summed E-state index contributed by atoms with van der Waals surface area (Å²) in [5.74, 6) is 1.52. The molecule has 2 aromatic heterocycles. The molecule has 1 N–H and O–H groups in total. The number of aromatic nitrogens is 4. The van der Waals surface area contributed by atoms with Gasteiger partial charge in [-0.15, -0.1) is 10.2 Å². The molecule has 25 heavy (non-hydrogen) atoms.